The number of guanidine groups is 1. The van der Waals surface area contributed by atoms with Crippen LogP contribution in [0.25, 0.3) is 0 Å². The SMILES string of the molecule is CCNC(=NCc1ccc(N(C)C)cc1C)NCCCOCC1CCOCC1. The van der Waals surface area contributed by atoms with Gasteiger partial charge in [0.2, 0.25) is 0 Å². The van der Waals surface area contributed by atoms with E-state index in [2.05, 4.69) is 61.7 Å². The van der Waals surface area contributed by atoms with Crippen molar-refractivity contribution >= 4 is 11.6 Å². The molecule has 1 fully saturated rings. The van der Waals surface area contributed by atoms with Crippen LogP contribution in [0.2, 0.25) is 0 Å². The average Bonchev–Trinajstić information content (AvgIpc) is 2.70. The summed E-state index contributed by atoms with van der Waals surface area (Å²) in [5.74, 6) is 1.53. The summed E-state index contributed by atoms with van der Waals surface area (Å²) in [5.41, 5.74) is 3.74. The first-order valence-electron chi connectivity index (χ1n) is 10.5. The quantitative estimate of drug-likeness (QED) is 0.365. The molecule has 0 spiro atoms. The fourth-order valence-corrected chi connectivity index (χ4v) is 3.19. The highest BCUT2D eigenvalue weighted by Crippen LogP contribution is 2.18. The molecule has 6 heteroatoms. The summed E-state index contributed by atoms with van der Waals surface area (Å²) < 4.78 is 11.2. The van der Waals surface area contributed by atoms with Crippen molar-refractivity contribution in [2.45, 2.75) is 39.7 Å². The highest BCUT2D eigenvalue weighted by atomic mass is 16.5. The fraction of sp³-hybridized carbons (Fsp3) is 0.682. The molecule has 0 amide bonds. The van der Waals surface area contributed by atoms with Crippen LogP contribution in [0.3, 0.4) is 0 Å². The Kier molecular flexibility index (Phi) is 10.1. The van der Waals surface area contributed by atoms with E-state index in [1.54, 1.807) is 0 Å². The molecule has 0 aliphatic carbocycles. The molecule has 0 atom stereocenters. The molecule has 0 radical (unpaired) electrons. The second-order valence-electron chi connectivity index (χ2n) is 7.61. The number of aryl methyl sites for hydroxylation is 1. The minimum Gasteiger partial charge on any atom is -0.381 e. The fourth-order valence-electron chi connectivity index (χ4n) is 3.19. The van der Waals surface area contributed by atoms with Crippen LogP contribution in [0.1, 0.15) is 37.3 Å². The van der Waals surface area contributed by atoms with Crippen LogP contribution in [0.4, 0.5) is 5.69 Å². The largest absolute Gasteiger partial charge is 0.381 e. The van der Waals surface area contributed by atoms with Crippen LogP contribution < -0.4 is 15.5 Å². The summed E-state index contributed by atoms with van der Waals surface area (Å²) in [6, 6.07) is 6.52. The van der Waals surface area contributed by atoms with Crippen LogP contribution in [-0.4, -0.2) is 59.6 Å². The monoisotopic (exact) mass is 390 g/mol. The minimum atomic E-state index is 0.669. The third kappa shape index (κ3) is 8.07. The Morgan fingerprint density at radius 1 is 1.25 bits per heavy atom. The Morgan fingerprint density at radius 2 is 2.04 bits per heavy atom. The van der Waals surface area contributed by atoms with Gasteiger partial charge in [0.15, 0.2) is 5.96 Å². The summed E-state index contributed by atoms with van der Waals surface area (Å²) in [6.45, 7) is 10.0. The maximum Gasteiger partial charge on any atom is 0.191 e. The molecule has 2 N–H and O–H groups in total. The van der Waals surface area contributed by atoms with Crippen molar-refractivity contribution in [3.8, 4) is 0 Å². The zero-order valence-electron chi connectivity index (χ0n) is 18.1. The van der Waals surface area contributed by atoms with Gasteiger partial charge in [-0.1, -0.05) is 6.07 Å². The Morgan fingerprint density at radius 3 is 2.71 bits per heavy atom. The number of hydrogen-bond donors (Lipinski definition) is 2. The van der Waals surface area contributed by atoms with Gasteiger partial charge in [-0.2, -0.15) is 0 Å². The summed E-state index contributed by atoms with van der Waals surface area (Å²) in [4.78, 5) is 6.86. The molecule has 0 unspecified atom stereocenters. The third-order valence-electron chi connectivity index (χ3n) is 5.05. The predicted molar refractivity (Wildman–Crippen MR) is 117 cm³/mol. The van der Waals surface area contributed by atoms with Crippen molar-refractivity contribution in [2.24, 2.45) is 10.9 Å². The maximum atomic E-state index is 5.83. The molecule has 1 heterocycles. The second-order valence-corrected chi connectivity index (χ2v) is 7.61. The first-order chi connectivity index (χ1) is 13.6. The van der Waals surface area contributed by atoms with Gasteiger partial charge in [-0.3, -0.25) is 0 Å². The molecule has 28 heavy (non-hydrogen) atoms. The molecule has 158 valence electrons. The van der Waals surface area contributed by atoms with Crippen molar-refractivity contribution in [2.75, 3.05) is 58.5 Å². The lowest BCUT2D eigenvalue weighted by Crippen LogP contribution is -2.38. The molecular formula is C22H38N4O2. The van der Waals surface area contributed by atoms with Crippen molar-refractivity contribution < 1.29 is 9.47 Å². The summed E-state index contributed by atoms with van der Waals surface area (Å²) in [7, 11) is 4.13. The number of ether oxygens (including phenoxy) is 2. The molecule has 0 bridgehead atoms. The lowest BCUT2D eigenvalue weighted by atomic mass is 10.0. The van der Waals surface area contributed by atoms with Crippen molar-refractivity contribution in [3.05, 3.63) is 29.3 Å². The summed E-state index contributed by atoms with van der Waals surface area (Å²) in [6.07, 6.45) is 3.24. The van der Waals surface area contributed by atoms with E-state index in [1.807, 2.05) is 0 Å². The van der Waals surface area contributed by atoms with Gasteiger partial charge in [-0.15, -0.1) is 0 Å². The zero-order valence-corrected chi connectivity index (χ0v) is 18.1. The second kappa shape index (κ2) is 12.6. The van der Waals surface area contributed by atoms with Crippen molar-refractivity contribution in [3.63, 3.8) is 0 Å². The number of benzene rings is 1. The molecular weight excluding hydrogens is 352 g/mol. The van der Waals surface area contributed by atoms with Gasteiger partial charge in [0, 0.05) is 59.3 Å². The average molecular weight is 391 g/mol. The smallest absolute Gasteiger partial charge is 0.191 e. The van der Waals surface area contributed by atoms with Crippen LogP contribution in [0.5, 0.6) is 0 Å². The van der Waals surface area contributed by atoms with Crippen LogP contribution in [0.15, 0.2) is 23.2 Å². The van der Waals surface area contributed by atoms with E-state index in [0.717, 1.165) is 64.7 Å². The van der Waals surface area contributed by atoms with Crippen molar-refractivity contribution in [1.29, 1.82) is 0 Å². The van der Waals surface area contributed by atoms with E-state index in [0.29, 0.717) is 12.5 Å². The van der Waals surface area contributed by atoms with Gasteiger partial charge < -0.3 is 25.0 Å². The number of hydrogen-bond acceptors (Lipinski definition) is 4. The van der Waals surface area contributed by atoms with Gasteiger partial charge in [-0.05, 0) is 62.3 Å². The lowest BCUT2D eigenvalue weighted by Gasteiger charge is -2.21. The van der Waals surface area contributed by atoms with Gasteiger partial charge in [-0.25, -0.2) is 4.99 Å². The molecule has 0 aromatic heterocycles. The third-order valence-corrected chi connectivity index (χ3v) is 5.05. The molecule has 0 saturated carbocycles. The summed E-state index contributed by atoms with van der Waals surface area (Å²) >= 11 is 0. The molecule has 6 nitrogen and oxygen atoms in total. The molecule has 1 saturated heterocycles. The topological polar surface area (TPSA) is 58.1 Å². The Bertz CT molecular complexity index is 598. The highest BCUT2D eigenvalue weighted by Gasteiger charge is 2.13. The molecule has 1 aromatic carbocycles. The number of nitrogens with zero attached hydrogens (tertiary/aromatic N) is 2. The first kappa shape index (κ1) is 22.5. The van der Waals surface area contributed by atoms with Crippen LogP contribution in [0, 0.1) is 12.8 Å². The number of nitrogens with one attached hydrogen (secondary N) is 2. The Labute approximate surface area is 170 Å². The molecule has 1 aliphatic heterocycles. The van der Waals surface area contributed by atoms with E-state index in [-0.39, 0.29) is 0 Å². The van der Waals surface area contributed by atoms with E-state index < -0.39 is 0 Å². The maximum absolute atomic E-state index is 5.83. The van der Waals surface area contributed by atoms with Gasteiger partial charge in [0.1, 0.15) is 0 Å². The number of aliphatic imine (C=N–C) groups is 1. The lowest BCUT2D eigenvalue weighted by molar-refractivity contribution is 0.0203. The van der Waals surface area contributed by atoms with E-state index in [4.69, 9.17) is 14.5 Å². The minimum absolute atomic E-state index is 0.669. The number of rotatable bonds is 10. The van der Waals surface area contributed by atoms with Gasteiger partial charge in [0.25, 0.3) is 0 Å². The van der Waals surface area contributed by atoms with Gasteiger partial charge >= 0.3 is 0 Å². The van der Waals surface area contributed by atoms with E-state index in [9.17, 15) is 0 Å². The molecule has 2 rings (SSSR count). The number of anilines is 1. The van der Waals surface area contributed by atoms with E-state index >= 15 is 0 Å². The van der Waals surface area contributed by atoms with Gasteiger partial charge in [0.05, 0.1) is 6.54 Å². The predicted octanol–water partition coefficient (Wildman–Crippen LogP) is 2.95. The highest BCUT2D eigenvalue weighted by molar-refractivity contribution is 5.79. The summed E-state index contributed by atoms with van der Waals surface area (Å²) in [5, 5.41) is 6.73. The molecule has 1 aliphatic rings. The van der Waals surface area contributed by atoms with Crippen LogP contribution >= 0.6 is 0 Å². The standard InChI is InChI=1S/C22H38N4O2/c1-5-23-22(24-11-6-12-28-17-19-9-13-27-14-10-19)25-16-20-7-8-21(26(3)4)15-18(20)2/h7-8,15,19H,5-6,9-14,16-17H2,1-4H3,(H2,23,24,25). The Balaban J connectivity index is 1.71. The zero-order chi connectivity index (χ0) is 20.2. The van der Waals surface area contributed by atoms with E-state index in [1.165, 1.54) is 16.8 Å². The van der Waals surface area contributed by atoms with Crippen LogP contribution in [-0.2, 0) is 16.0 Å². The van der Waals surface area contributed by atoms with Crippen molar-refractivity contribution in [1.82, 2.24) is 10.6 Å². The normalized spacial score (nSPS) is 15.5. The first-order valence-corrected chi connectivity index (χ1v) is 10.5. The Hall–Kier alpha value is -1.79. The molecule has 1 aromatic rings.